The van der Waals surface area contributed by atoms with E-state index in [9.17, 15) is 18.8 Å². The van der Waals surface area contributed by atoms with Gasteiger partial charge in [0.25, 0.3) is 5.91 Å². The largest absolute Gasteiger partial charge is 0.341 e. The molecule has 0 spiro atoms. The van der Waals surface area contributed by atoms with Crippen LogP contribution in [0.1, 0.15) is 53.6 Å². The number of urea groups is 1. The Kier molecular flexibility index (Phi) is 7.14. The maximum Gasteiger partial charge on any atom is 0.319 e. The average Bonchev–Trinajstić information content (AvgIpc) is 3.29. The second-order valence-corrected chi connectivity index (χ2v) is 9.20. The number of nitrogens with zero attached hydrogens (tertiary/aromatic N) is 2. The monoisotopic (exact) mass is 466 g/mol. The number of carbonyl (C=O) groups excluding carboxylic acids is 3. The van der Waals surface area contributed by atoms with E-state index in [0.717, 1.165) is 30.4 Å². The molecule has 2 heterocycles. The van der Waals surface area contributed by atoms with Crippen molar-refractivity contribution in [2.24, 2.45) is 0 Å². The first-order chi connectivity index (χ1) is 16.3. The highest BCUT2D eigenvalue weighted by Gasteiger charge is 2.27. The lowest BCUT2D eigenvalue weighted by atomic mass is 9.89. The van der Waals surface area contributed by atoms with Crippen LogP contribution in [0.2, 0.25) is 0 Å². The summed E-state index contributed by atoms with van der Waals surface area (Å²) in [6, 6.07) is 11.5. The Bertz CT molecular complexity index is 1060. The predicted molar refractivity (Wildman–Crippen MR) is 128 cm³/mol. The summed E-state index contributed by atoms with van der Waals surface area (Å²) < 4.78 is 13.2. The molecule has 2 aromatic carbocycles. The highest BCUT2D eigenvalue weighted by atomic mass is 19.1. The number of hydrogen-bond donors (Lipinski definition) is 2. The molecule has 180 valence electrons. The van der Waals surface area contributed by atoms with Gasteiger partial charge in [-0.3, -0.25) is 9.59 Å². The van der Waals surface area contributed by atoms with Gasteiger partial charge in [-0.1, -0.05) is 18.2 Å². The number of aryl methyl sites for hydroxylation is 1. The first-order valence-electron chi connectivity index (χ1n) is 11.8. The van der Waals surface area contributed by atoms with Gasteiger partial charge in [0.2, 0.25) is 5.91 Å². The van der Waals surface area contributed by atoms with Crippen LogP contribution in [-0.4, -0.2) is 59.9 Å². The second kappa shape index (κ2) is 10.2. The molecule has 4 rings (SSSR count). The number of likely N-dealkylation sites (tertiary alicyclic amines) is 2. The van der Waals surface area contributed by atoms with Crippen LogP contribution in [0, 0.1) is 12.7 Å². The van der Waals surface area contributed by atoms with Crippen molar-refractivity contribution in [2.45, 2.75) is 45.1 Å². The van der Waals surface area contributed by atoms with E-state index in [1.54, 1.807) is 17.0 Å². The SMILES string of the molecule is CC(=O)N1CCC(NC(=O)Nc2cc(C(=O)N3CCC(c4ccc(F)cc4)CC3)ccc2C)C1. The maximum atomic E-state index is 13.2. The lowest BCUT2D eigenvalue weighted by molar-refractivity contribution is -0.127. The Morgan fingerprint density at radius 1 is 0.941 bits per heavy atom. The van der Waals surface area contributed by atoms with Crippen molar-refractivity contribution < 1.29 is 18.8 Å². The number of nitrogens with one attached hydrogen (secondary N) is 2. The van der Waals surface area contributed by atoms with Gasteiger partial charge in [-0.05, 0) is 67.5 Å². The number of rotatable bonds is 4. The summed E-state index contributed by atoms with van der Waals surface area (Å²) in [5.41, 5.74) is 3.09. The minimum Gasteiger partial charge on any atom is -0.341 e. The molecular formula is C26H31FN4O3. The number of piperidine rings is 1. The third-order valence-electron chi connectivity index (χ3n) is 6.83. The first kappa shape index (κ1) is 23.7. The molecule has 2 aliphatic rings. The topological polar surface area (TPSA) is 81.8 Å². The Morgan fingerprint density at radius 3 is 2.26 bits per heavy atom. The van der Waals surface area contributed by atoms with Crippen LogP contribution in [0.3, 0.4) is 0 Å². The molecule has 7 nitrogen and oxygen atoms in total. The third-order valence-corrected chi connectivity index (χ3v) is 6.83. The van der Waals surface area contributed by atoms with Gasteiger partial charge >= 0.3 is 6.03 Å². The molecule has 0 aromatic heterocycles. The van der Waals surface area contributed by atoms with E-state index in [4.69, 9.17) is 0 Å². The minimum absolute atomic E-state index is 0.00784. The molecule has 0 saturated carbocycles. The van der Waals surface area contributed by atoms with E-state index in [-0.39, 0.29) is 29.7 Å². The van der Waals surface area contributed by atoms with Crippen molar-refractivity contribution in [3.63, 3.8) is 0 Å². The number of benzene rings is 2. The van der Waals surface area contributed by atoms with E-state index < -0.39 is 0 Å². The van der Waals surface area contributed by atoms with Crippen LogP contribution in [0.4, 0.5) is 14.9 Å². The second-order valence-electron chi connectivity index (χ2n) is 9.20. The molecule has 1 unspecified atom stereocenters. The number of halogens is 1. The Morgan fingerprint density at radius 2 is 1.62 bits per heavy atom. The number of carbonyl (C=O) groups is 3. The normalized spacial score (nSPS) is 18.6. The summed E-state index contributed by atoms with van der Waals surface area (Å²) in [6.45, 7) is 5.82. The Balaban J connectivity index is 1.34. The van der Waals surface area contributed by atoms with Crippen molar-refractivity contribution in [1.82, 2.24) is 15.1 Å². The fraction of sp³-hybridized carbons (Fsp3) is 0.423. The van der Waals surface area contributed by atoms with Gasteiger partial charge in [0, 0.05) is 50.4 Å². The van der Waals surface area contributed by atoms with E-state index in [0.29, 0.717) is 43.3 Å². The van der Waals surface area contributed by atoms with Crippen LogP contribution in [0.25, 0.3) is 0 Å². The molecule has 8 heteroatoms. The van der Waals surface area contributed by atoms with Gasteiger partial charge in [0.1, 0.15) is 5.82 Å². The maximum absolute atomic E-state index is 13.2. The van der Waals surface area contributed by atoms with Gasteiger partial charge in [0.15, 0.2) is 0 Å². The summed E-state index contributed by atoms with van der Waals surface area (Å²) in [7, 11) is 0. The zero-order valence-corrected chi connectivity index (χ0v) is 19.6. The molecule has 4 amide bonds. The number of anilines is 1. The van der Waals surface area contributed by atoms with Gasteiger partial charge in [0.05, 0.1) is 0 Å². The molecule has 2 N–H and O–H groups in total. The molecule has 2 fully saturated rings. The summed E-state index contributed by atoms with van der Waals surface area (Å²) in [5, 5.41) is 5.77. The van der Waals surface area contributed by atoms with E-state index in [1.165, 1.54) is 19.1 Å². The molecule has 0 aliphatic carbocycles. The number of hydrogen-bond acceptors (Lipinski definition) is 3. The van der Waals surface area contributed by atoms with Crippen LogP contribution in [-0.2, 0) is 4.79 Å². The standard InChI is InChI=1S/C26H31FN4O3/c1-17-3-4-21(15-24(17)29-26(34)28-23-11-14-31(16-23)18(2)32)25(33)30-12-9-20(10-13-30)19-5-7-22(27)8-6-19/h3-8,15,20,23H,9-14,16H2,1-2H3,(H2,28,29,34). The van der Waals surface area contributed by atoms with Crippen LogP contribution < -0.4 is 10.6 Å². The fourth-order valence-corrected chi connectivity index (χ4v) is 4.73. The van der Waals surface area contributed by atoms with Crippen LogP contribution in [0.15, 0.2) is 42.5 Å². The lowest BCUT2D eigenvalue weighted by Gasteiger charge is -2.32. The molecular weight excluding hydrogens is 435 g/mol. The molecule has 2 aromatic rings. The van der Waals surface area contributed by atoms with Gasteiger partial charge < -0.3 is 20.4 Å². The van der Waals surface area contributed by atoms with E-state index >= 15 is 0 Å². The van der Waals surface area contributed by atoms with Crippen molar-refractivity contribution >= 4 is 23.5 Å². The Hall–Kier alpha value is -3.42. The molecule has 1 atom stereocenters. The van der Waals surface area contributed by atoms with Crippen LogP contribution >= 0.6 is 0 Å². The Labute approximate surface area is 199 Å². The van der Waals surface area contributed by atoms with Gasteiger partial charge in [-0.2, -0.15) is 0 Å². The molecule has 34 heavy (non-hydrogen) atoms. The third kappa shape index (κ3) is 5.55. The highest BCUT2D eigenvalue weighted by molar-refractivity contribution is 5.97. The number of amides is 4. The smallest absolute Gasteiger partial charge is 0.319 e. The average molecular weight is 467 g/mol. The van der Waals surface area contributed by atoms with Gasteiger partial charge in [-0.25, -0.2) is 9.18 Å². The predicted octanol–water partition coefficient (Wildman–Crippen LogP) is 3.90. The minimum atomic E-state index is -0.344. The van der Waals surface area contributed by atoms with Crippen molar-refractivity contribution in [1.29, 1.82) is 0 Å². The summed E-state index contributed by atoms with van der Waals surface area (Å²) in [4.78, 5) is 40.7. The van der Waals surface area contributed by atoms with Crippen LogP contribution in [0.5, 0.6) is 0 Å². The molecule has 2 saturated heterocycles. The fourth-order valence-electron chi connectivity index (χ4n) is 4.73. The first-order valence-corrected chi connectivity index (χ1v) is 11.8. The molecule has 0 bridgehead atoms. The van der Waals surface area contributed by atoms with Crippen molar-refractivity contribution in [2.75, 3.05) is 31.5 Å². The highest BCUT2D eigenvalue weighted by Crippen LogP contribution is 2.29. The van der Waals surface area contributed by atoms with Gasteiger partial charge in [-0.15, -0.1) is 0 Å². The lowest BCUT2D eigenvalue weighted by Crippen LogP contribution is -2.40. The zero-order chi connectivity index (χ0) is 24.2. The quantitative estimate of drug-likeness (QED) is 0.717. The summed E-state index contributed by atoms with van der Waals surface area (Å²) >= 11 is 0. The van der Waals surface area contributed by atoms with E-state index in [2.05, 4.69) is 10.6 Å². The summed E-state index contributed by atoms with van der Waals surface area (Å²) in [5.74, 6) is 0.0237. The summed E-state index contributed by atoms with van der Waals surface area (Å²) in [6.07, 6.45) is 2.38. The van der Waals surface area contributed by atoms with E-state index in [1.807, 2.05) is 30.0 Å². The van der Waals surface area contributed by atoms with Crippen molar-refractivity contribution in [3.05, 3.63) is 65.0 Å². The zero-order valence-electron chi connectivity index (χ0n) is 19.6. The molecule has 0 radical (unpaired) electrons. The molecule has 2 aliphatic heterocycles. The van der Waals surface area contributed by atoms with Crippen molar-refractivity contribution in [3.8, 4) is 0 Å².